The van der Waals surface area contributed by atoms with Gasteiger partial charge in [-0.3, -0.25) is 4.90 Å². The quantitative estimate of drug-likeness (QED) is 0.198. The highest BCUT2D eigenvalue weighted by Gasteiger charge is 2.23. The third-order valence-electron chi connectivity index (χ3n) is 7.39. The lowest BCUT2D eigenvalue weighted by Crippen LogP contribution is -2.24. The molecule has 7 nitrogen and oxygen atoms in total. The predicted octanol–water partition coefficient (Wildman–Crippen LogP) is 6.96. The number of imidazole rings is 1. The van der Waals surface area contributed by atoms with Crippen LogP contribution in [0.25, 0.3) is 22.6 Å². The average molecular weight is 580 g/mol. The van der Waals surface area contributed by atoms with E-state index in [9.17, 15) is 0 Å². The number of aromatic nitrogens is 2. The minimum absolute atomic E-state index is 0.547. The first-order valence-corrected chi connectivity index (χ1v) is 14.4. The molecule has 0 amide bonds. The van der Waals surface area contributed by atoms with Gasteiger partial charge < -0.3 is 18.9 Å². The van der Waals surface area contributed by atoms with E-state index in [2.05, 4.69) is 41.3 Å². The first-order chi connectivity index (χ1) is 20.7. The van der Waals surface area contributed by atoms with Gasteiger partial charge in [0.05, 0.1) is 11.4 Å². The zero-order valence-corrected chi connectivity index (χ0v) is 23.8. The second-order valence-electron chi connectivity index (χ2n) is 10.3. The highest BCUT2D eigenvalue weighted by atomic mass is 35.5. The Kier molecular flexibility index (Phi) is 7.43. The fourth-order valence-corrected chi connectivity index (χ4v) is 5.70. The molecule has 2 aliphatic rings. The molecule has 7 rings (SSSR count). The van der Waals surface area contributed by atoms with Crippen molar-refractivity contribution in [2.24, 2.45) is 0 Å². The zero-order chi connectivity index (χ0) is 28.3. The van der Waals surface area contributed by atoms with Crippen molar-refractivity contribution < 1.29 is 18.9 Å². The van der Waals surface area contributed by atoms with Gasteiger partial charge in [-0.2, -0.15) is 0 Å². The molecule has 212 valence electrons. The molecule has 8 heteroatoms. The molecule has 0 N–H and O–H groups in total. The summed E-state index contributed by atoms with van der Waals surface area (Å²) >= 11 is 7.11. The molecule has 0 atom stereocenters. The van der Waals surface area contributed by atoms with Crippen LogP contribution in [0.5, 0.6) is 23.0 Å². The highest BCUT2D eigenvalue weighted by molar-refractivity contribution is 6.17. The number of halogens is 1. The smallest absolute Gasteiger partial charge is 0.161 e. The van der Waals surface area contributed by atoms with Crippen molar-refractivity contribution in [1.82, 2.24) is 14.0 Å². The number of nitrogens with zero attached hydrogens (tertiary/aromatic N) is 3. The van der Waals surface area contributed by atoms with Crippen molar-refractivity contribution >= 4 is 11.8 Å². The van der Waals surface area contributed by atoms with E-state index < -0.39 is 0 Å². The minimum Gasteiger partial charge on any atom is -0.486 e. The van der Waals surface area contributed by atoms with Crippen molar-refractivity contribution in [2.75, 3.05) is 26.4 Å². The Labute approximate surface area is 249 Å². The van der Waals surface area contributed by atoms with Crippen LogP contribution in [0, 0.1) is 0 Å². The number of hydrogen-bond donors (Lipinski definition) is 0. The van der Waals surface area contributed by atoms with E-state index in [1.54, 1.807) is 4.09 Å². The molecule has 4 aromatic carbocycles. The summed E-state index contributed by atoms with van der Waals surface area (Å²) < 4.78 is 25.0. The Morgan fingerprint density at radius 1 is 0.595 bits per heavy atom. The Morgan fingerprint density at radius 2 is 1.10 bits per heavy atom. The monoisotopic (exact) mass is 579 g/mol. The number of hydrogen-bond acceptors (Lipinski definition) is 6. The maximum atomic E-state index is 7.11. The molecule has 0 saturated carbocycles. The molecule has 0 radical (unpaired) electrons. The molecule has 3 heterocycles. The molecule has 1 aromatic heterocycles. The molecule has 0 aliphatic carbocycles. The average Bonchev–Trinajstić information content (AvgIpc) is 3.37. The third-order valence-corrected chi connectivity index (χ3v) is 7.76. The van der Waals surface area contributed by atoms with Crippen LogP contribution in [0.2, 0.25) is 0 Å². The second-order valence-corrected chi connectivity index (χ2v) is 10.7. The Balaban J connectivity index is 1.27. The molecular formula is C34H30ClN3O4. The van der Waals surface area contributed by atoms with Crippen LogP contribution in [0.15, 0.2) is 97.1 Å². The molecule has 5 aromatic rings. The van der Waals surface area contributed by atoms with Gasteiger partial charge in [-0.25, -0.2) is 9.07 Å². The molecule has 0 bridgehead atoms. The molecule has 0 unspecified atom stereocenters. The van der Waals surface area contributed by atoms with Crippen LogP contribution in [-0.4, -0.2) is 40.4 Å². The lowest BCUT2D eigenvalue weighted by molar-refractivity contribution is 0.170. The van der Waals surface area contributed by atoms with E-state index in [-0.39, 0.29) is 0 Å². The molecule has 0 saturated heterocycles. The topological polar surface area (TPSA) is 58.0 Å². The Bertz CT molecular complexity index is 1630. The summed E-state index contributed by atoms with van der Waals surface area (Å²) in [6.07, 6.45) is 0. The number of benzene rings is 4. The van der Waals surface area contributed by atoms with Crippen LogP contribution in [-0.2, 0) is 19.6 Å². The SMILES string of the molecule is Cln1c(-c2ccccc2)nc(-c2ccccc2)c1CN(Cc1ccc2c(c1)OCCO2)Cc1ccc2c(c1)OCCO2. The maximum absolute atomic E-state index is 7.11. The van der Waals surface area contributed by atoms with Gasteiger partial charge in [0.1, 0.15) is 26.4 Å². The fraction of sp³-hybridized carbons (Fsp3) is 0.206. The number of fused-ring (bicyclic) bond motifs is 2. The van der Waals surface area contributed by atoms with Gasteiger partial charge in [0.15, 0.2) is 28.8 Å². The lowest BCUT2D eigenvalue weighted by atomic mass is 10.1. The Morgan fingerprint density at radius 3 is 1.64 bits per heavy atom. The third kappa shape index (κ3) is 5.53. The van der Waals surface area contributed by atoms with Crippen molar-refractivity contribution in [3.05, 3.63) is 114 Å². The maximum Gasteiger partial charge on any atom is 0.161 e. The molecule has 0 spiro atoms. The van der Waals surface area contributed by atoms with Crippen molar-refractivity contribution in [1.29, 1.82) is 0 Å². The van der Waals surface area contributed by atoms with Gasteiger partial charge in [-0.05, 0) is 35.4 Å². The van der Waals surface area contributed by atoms with Crippen molar-refractivity contribution in [3.63, 3.8) is 0 Å². The van der Waals surface area contributed by atoms with E-state index in [0.29, 0.717) is 51.9 Å². The molecular weight excluding hydrogens is 550 g/mol. The summed E-state index contributed by atoms with van der Waals surface area (Å²) in [6, 6.07) is 32.5. The summed E-state index contributed by atoms with van der Waals surface area (Å²) in [4.78, 5) is 7.42. The van der Waals surface area contributed by atoms with Crippen molar-refractivity contribution in [3.8, 4) is 45.6 Å². The van der Waals surface area contributed by atoms with Crippen LogP contribution >= 0.6 is 11.8 Å². The van der Waals surface area contributed by atoms with Crippen LogP contribution in [0.1, 0.15) is 16.8 Å². The first kappa shape index (κ1) is 26.4. The van der Waals surface area contributed by atoms with Gasteiger partial charge in [-0.15, -0.1) is 0 Å². The summed E-state index contributed by atoms with van der Waals surface area (Å²) in [5.74, 6) is 3.82. The summed E-state index contributed by atoms with van der Waals surface area (Å²) in [5, 5.41) is 0. The largest absolute Gasteiger partial charge is 0.486 e. The highest BCUT2D eigenvalue weighted by Crippen LogP contribution is 2.35. The van der Waals surface area contributed by atoms with E-state index in [1.807, 2.05) is 60.7 Å². The standard InChI is InChI=1S/C34H30ClN3O4/c35-38-28(33(26-7-3-1-4-8-26)36-34(38)27-9-5-2-6-10-27)23-37(21-24-11-13-29-31(19-24)41-17-15-39-29)22-25-12-14-30-32(20-25)42-18-16-40-30/h1-14,19-20H,15-18,21-23H2. The van der Waals surface area contributed by atoms with Gasteiger partial charge >= 0.3 is 0 Å². The lowest BCUT2D eigenvalue weighted by Gasteiger charge is -2.25. The molecule has 42 heavy (non-hydrogen) atoms. The fourth-order valence-electron chi connectivity index (χ4n) is 5.43. The van der Waals surface area contributed by atoms with Gasteiger partial charge in [0.25, 0.3) is 0 Å². The van der Waals surface area contributed by atoms with E-state index in [4.69, 9.17) is 35.7 Å². The summed E-state index contributed by atoms with van der Waals surface area (Å²) in [7, 11) is 0. The van der Waals surface area contributed by atoms with Crippen molar-refractivity contribution in [2.45, 2.75) is 19.6 Å². The number of ether oxygens (including phenoxy) is 4. The number of rotatable bonds is 8. The molecule has 0 fully saturated rings. The van der Waals surface area contributed by atoms with E-state index in [0.717, 1.165) is 56.6 Å². The second kappa shape index (κ2) is 11.8. The van der Waals surface area contributed by atoms with E-state index >= 15 is 0 Å². The summed E-state index contributed by atoms with van der Waals surface area (Å²) in [5.41, 5.74) is 5.98. The zero-order valence-electron chi connectivity index (χ0n) is 23.0. The van der Waals surface area contributed by atoms with Crippen LogP contribution in [0.4, 0.5) is 0 Å². The molecule has 2 aliphatic heterocycles. The normalized spacial score (nSPS) is 13.8. The minimum atomic E-state index is 0.547. The Hall–Kier alpha value is -4.46. The van der Waals surface area contributed by atoms with Gasteiger partial charge in [0.2, 0.25) is 0 Å². The van der Waals surface area contributed by atoms with Crippen LogP contribution < -0.4 is 18.9 Å². The predicted molar refractivity (Wildman–Crippen MR) is 162 cm³/mol. The van der Waals surface area contributed by atoms with Crippen LogP contribution in [0.3, 0.4) is 0 Å². The van der Waals surface area contributed by atoms with Gasteiger partial charge in [0, 0.05) is 42.5 Å². The first-order valence-electron chi connectivity index (χ1n) is 14.1. The van der Waals surface area contributed by atoms with Gasteiger partial charge in [-0.1, -0.05) is 72.8 Å². The summed E-state index contributed by atoms with van der Waals surface area (Å²) in [6.45, 7) is 4.08. The van der Waals surface area contributed by atoms with E-state index in [1.165, 1.54) is 0 Å².